The van der Waals surface area contributed by atoms with Crippen molar-refractivity contribution in [3.8, 4) is 5.75 Å². The van der Waals surface area contributed by atoms with Crippen LogP contribution in [-0.2, 0) is 0 Å². The average Bonchev–Trinajstić information content (AvgIpc) is 2.60. The number of rotatable bonds is 11. The van der Waals surface area contributed by atoms with Crippen molar-refractivity contribution in [3.05, 3.63) is 28.2 Å². The highest BCUT2D eigenvalue weighted by atomic mass is 127. The van der Waals surface area contributed by atoms with E-state index in [1.807, 2.05) is 18.7 Å². The summed E-state index contributed by atoms with van der Waals surface area (Å²) in [6.07, 6.45) is 3.63. The summed E-state index contributed by atoms with van der Waals surface area (Å²) in [4.78, 5) is 4.38. The van der Waals surface area contributed by atoms with Crippen molar-refractivity contribution in [3.63, 3.8) is 0 Å². The van der Waals surface area contributed by atoms with Gasteiger partial charge in [0.25, 0.3) is 0 Å². The van der Waals surface area contributed by atoms with Crippen LogP contribution in [-0.4, -0.2) is 55.4 Å². The van der Waals surface area contributed by atoms with E-state index in [2.05, 4.69) is 21.9 Å². The standard InChI is InChI=1S/C17H27Cl2N3O2S.HI/c1-3-20-17(21-9-4-5-10-25-2)22-11-13(23)12-24-15-8-6-7-14(18)16(15)19;/h6-8,13,23H,3-5,9-12H2,1-2H3,(H2,20,21,22);1H. The molecule has 9 heteroatoms. The fourth-order valence-electron chi connectivity index (χ4n) is 1.95. The molecule has 1 unspecified atom stereocenters. The van der Waals surface area contributed by atoms with Gasteiger partial charge >= 0.3 is 0 Å². The van der Waals surface area contributed by atoms with Gasteiger partial charge in [0.1, 0.15) is 23.5 Å². The zero-order chi connectivity index (χ0) is 18.5. The SMILES string of the molecule is CCNC(=NCC(O)COc1cccc(Cl)c1Cl)NCCCCSC.I. The van der Waals surface area contributed by atoms with Gasteiger partial charge in [0.05, 0.1) is 11.6 Å². The molecule has 1 rings (SSSR count). The summed E-state index contributed by atoms with van der Waals surface area (Å²) in [6, 6.07) is 5.15. The van der Waals surface area contributed by atoms with Crippen molar-refractivity contribution in [1.82, 2.24) is 10.6 Å². The molecule has 0 saturated carbocycles. The summed E-state index contributed by atoms with van der Waals surface area (Å²) >= 11 is 13.8. The minimum atomic E-state index is -0.734. The molecule has 0 amide bonds. The molecule has 150 valence electrons. The van der Waals surface area contributed by atoms with Gasteiger partial charge in [-0.1, -0.05) is 29.3 Å². The molecule has 0 radical (unpaired) electrons. The molecule has 1 aromatic rings. The molecule has 0 bridgehead atoms. The highest BCUT2D eigenvalue weighted by molar-refractivity contribution is 14.0. The van der Waals surface area contributed by atoms with Gasteiger partial charge in [-0.3, -0.25) is 4.99 Å². The van der Waals surface area contributed by atoms with Crippen molar-refractivity contribution >= 4 is 64.9 Å². The van der Waals surface area contributed by atoms with Crippen LogP contribution < -0.4 is 15.4 Å². The molecule has 0 aromatic heterocycles. The maximum atomic E-state index is 10.1. The number of benzene rings is 1. The van der Waals surface area contributed by atoms with Crippen molar-refractivity contribution in [1.29, 1.82) is 0 Å². The maximum absolute atomic E-state index is 10.1. The molecule has 0 heterocycles. The van der Waals surface area contributed by atoms with Crippen LogP contribution in [0.2, 0.25) is 10.0 Å². The summed E-state index contributed by atoms with van der Waals surface area (Å²) in [7, 11) is 0. The maximum Gasteiger partial charge on any atom is 0.191 e. The minimum absolute atomic E-state index is 0. The van der Waals surface area contributed by atoms with Crippen LogP contribution in [0.3, 0.4) is 0 Å². The number of aliphatic hydroxyl groups is 1. The predicted molar refractivity (Wildman–Crippen MR) is 125 cm³/mol. The lowest BCUT2D eigenvalue weighted by Gasteiger charge is -2.14. The summed E-state index contributed by atoms with van der Waals surface area (Å²) in [5, 5.41) is 17.3. The lowest BCUT2D eigenvalue weighted by Crippen LogP contribution is -2.38. The predicted octanol–water partition coefficient (Wildman–Crippen LogP) is 4.05. The highest BCUT2D eigenvalue weighted by Gasteiger charge is 2.09. The molecular formula is C17H28Cl2IN3O2S. The monoisotopic (exact) mass is 535 g/mol. The van der Waals surface area contributed by atoms with Crippen molar-refractivity contribution in [2.45, 2.75) is 25.9 Å². The Morgan fingerprint density at radius 1 is 1.31 bits per heavy atom. The molecule has 0 aliphatic heterocycles. The number of unbranched alkanes of at least 4 members (excludes halogenated alkanes) is 1. The van der Waals surface area contributed by atoms with E-state index >= 15 is 0 Å². The van der Waals surface area contributed by atoms with E-state index in [4.69, 9.17) is 27.9 Å². The van der Waals surface area contributed by atoms with Crippen LogP contribution >= 0.6 is 58.9 Å². The number of hydrogen-bond donors (Lipinski definition) is 3. The molecule has 0 aliphatic carbocycles. The second kappa shape index (κ2) is 15.9. The van der Waals surface area contributed by atoms with Crippen LogP contribution in [0.4, 0.5) is 0 Å². The first-order chi connectivity index (χ1) is 12.1. The smallest absolute Gasteiger partial charge is 0.191 e. The van der Waals surface area contributed by atoms with Gasteiger partial charge in [-0.2, -0.15) is 11.8 Å². The molecule has 1 aromatic carbocycles. The van der Waals surface area contributed by atoms with Gasteiger partial charge in [0.2, 0.25) is 0 Å². The molecule has 26 heavy (non-hydrogen) atoms. The Hall–Kier alpha value is -0.0900. The average molecular weight is 536 g/mol. The second-order valence-corrected chi connectivity index (χ2v) is 7.13. The molecule has 1 atom stereocenters. The van der Waals surface area contributed by atoms with Gasteiger partial charge < -0.3 is 20.5 Å². The fourth-order valence-corrected chi connectivity index (χ4v) is 2.79. The van der Waals surface area contributed by atoms with Crippen LogP contribution in [0, 0.1) is 0 Å². The molecule has 0 aliphatic rings. The first kappa shape index (κ1) is 25.9. The highest BCUT2D eigenvalue weighted by Crippen LogP contribution is 2.31. The molecule has 0 spiro atoms. The number of aliphatic imine (C=N–C) groups is 1. The topological polar surface area (TPSA) is 65.9 Å². The number of guanidine groups is 1. The number of halogens is 3. The van der Waals surface area contributed by atoms with Gasteiger partial charge in [-0.25, -0.2) is 0 Å². The zero-order valence-corrected chi connectivity index (χ0v) is 19.8. The number of nitrogens with zero attached hydrogens (tertiary/aromatic N) is 1. The second-order valence-electron chi connectivity index (χ2n) is 5.36. The van der Waals surface area contributed by atoms with E-state index in [0.29, 0.717) is 21.8 Å². The van der Waals surface area contributed by atoms with Crippen molar-refractivity contribution in [2.75, 3.05) is 38.2 Å². The zero-order valence-electron chi connectivity index (χ0n) is 15.1. The summed E-state index contributed by atoms with van der Waals surface area (Å²) in [6.45, 7) is 3.96. The van der Waals surface area contributed by atoms with E-state index in [0.717, 1.165) is 25.3 Å². The molecule has 5 nitrogen and oxygen atoms in total. The Bertz CT molecular complexity index is 539. The fraction of sp³-hybridized carbons (Fsp3) is 0.588. The van der Waals surface area contributed by atoms with E-state index in [1.165, 1.54) is 6.42 Å². The van der Waals surface area contributed by atoms with Crippen LogP contribution in [0.15, 0.2) is 23.2 Å². The third kappa shape index (κ3) is 10.9. The summed E-state index contributed by atoms with van der Waals surface area (Å²) < 4.78 is 5.52. The third-order valence-electron chi connectivity index (χ3n) is 3.22. The van der Waals surface area contributed by atoms with Crippen LogP contribution in [0.1, 0.15) is 19.8 Å². The lowest BCUT2D eigenvalue weighted by atomic mass is 10.3. The van der Waals surface area contributed by atoms with Crippen molar-refractivity contribution < 1.29 is 9.84 Å². The number of hydrogen-bond acceptors (Lipinski definition) is 4. The van der Waals surface area contributed by atoms with E-state index in [-0.39, 0.29) is 37.1 Å². The Morgan fingerprint density at radius 2 is 2.08 bits per heavy atom. The quantitative estimate of drug-likeness (QED) is 0.173. The van der Waals surface area contributed by atoms with Gasteiger partial charge in [-0.05, 0) is 43.9 Å². The van der Waals surface area contributed by atoms with Crippen LogP contribution in [0.5, 0.6) is 5.75 Å². The largest absolute Gasteiger partial charge is 0.489 e. The van der Waals surface area contributed by atoms with Gasteiger partial charge in [0.15, 0.2) is 5.96 Å². The lowest BCUT2D eigenvalue weighted by molar-refractivity contribution is 0.114. The molecular weight excluding hydrogens is 508 g/mol. The first-order valence-corrected chi connectivity index (χ1v) is 10.5. The molecule has 3 N–H and O–H groups in total. The normalized spacial score (nSPS) is 12.3. The van der Waals surface area contributed by atoms with E-state index < -0.39 is 6.10 Å². The molecule has 0 fully saturated rings. The summed E-state index contributed by atoms with van der Waals surface area (Å²) in [5.74, 6) is 2.32. The number of thioether (sulfide) groups is 1. The first-order valence-electron chi connectivity index (χ1n) is 8.34. The number of ether oxygens (including phenoxy) is 1. The third-order valence-corrected chi connectivity index (χ3v) is 4.72. The van der Waals surface area contributed by atoms with Gasteiger partial charge in [-0.15, -0.1) is 24.0 Å². The van der Waals surface area contributed by atoms with Crippen molar-refractivity contribution in [2.24, 2.45) is 4.99 Å². The number of aliphatic hydroxyl groups excluding tert-OH is 1. The van der Waals surface area contributed by atoms with E-state index in [9.17, 15) is 5.11 Å². The van der Waals surface area contributed by atoms with E-state index in [1.54, 1.807) is 18.2 Å². The van der Waals surface area contributed by atoms with Crippen LogP contribution in [0.25, 0.3) is 0 Å². The Kier molecular flexibility index (Phi) is 15.9. The minimum Gasteiger partial charge on any atom is -0.489 e. The Labute approximate surface area is 187 Å². The molecule has 0 saturated heterocycles. The van der Waals surface area contributed by atoms with Gasteiger partial charge in [0, 0.05) is 13.1 Å². The Morgan fingerprint density at radius 3 is 2.77 bits per heavy atom. The Balaban J connectivity index is 0.00000625. The summed E-state index contributed by atoms with van der Waals surface area (Å²) in [5.41, 5.74) is 0. The number of nitrogens with one attached hydrogen (secondary N) is 2.